The average Bonchev–Trinajstić information content (AvgIpc) is 4.40. The van der Waals surface area contributed by atoms with Crippen LogP contribution in [0.25, 0.3) is 122 Å². The molecule has 16 aromatic rings. The van der Waals surface area contributed by atoms with E-state index in [-0.39, 0.29) is 0 Å². The zero-order valence-corrected chi connectivity index (χ0v) is 42.9. The first-order valence-corrected chi connectivity index (χ1v) is 26.9. The summed E-state index contributed by atoms with van der Waals surface area (Å²) < 4.78 is 9.27. The minimum atomic E-state index is 0.905. The second-order valence-electron chi connectivity index (χ2n) is 20.4. The number of imidazole rings is 2. The van der Waals surface area contributed by atoms with Crippen molar-refractivity contribution in [3.8, 4) is 50.4 Å². The van der Waals surface area contributed by atoms with Crippen molar-refractivity contribution in [1.29, 1.82) is 0 Å². The molecular weight excluding hydrogens is 961 g/mol. The summed E-state index contributed by atoms with van der Waals surface area (Å²) in [4.78, 5) is 7.46. The highest BCUT2D eigenvalue weighted by Gasteiger charge is 2.19. The minimum Gasteiger partial charge on any atom is -0.311 e. The number of benzene rings is 12. The van der Waals surface area contributed by atoms with Gasteiger partial charge in [-0.25, -0.2) is 4.98 Å². The molecule has 370 valence electrons. The first-order chi connectivity index (χ1) is 39.2. The summed E-state index contributed by atoms with van der Waals surface area (Å²) in [6, 6.07) is 105. The van der Waals surface area contributed by atoms with Gasteiger partial charge in [0.25, 0.3) is 0 Å². The predicted molar refractivity (Wildman–Crippen MR) is 329 cm³/mol. The maximum absolute atomic E-state index is 5.10. The third kappa shape index (κ3) is 7.23. The van der Waals surface area contributed by atoms with E-state index in [4.69, 9.17) is 4.98 Å². The first-order valence-electron chi connectivity index (χ1n) is 26.9. The second-order valence-corrected chi connectivity index (χ2v) is 20.4. The molecule has 0 saturated heterocycles. The van der Waals surface area contributed by atoms with Crippen molar-refractivity contribution < 1.29 is 0 Å². The van der Waals surface area contributed by atoms with Crippen molar-refractivity contribution in [1.82, 2.24) is 23.1 Å². The molecule has 79 heavy (non-hydrogen) atoms. The lowest BCUT2D eigenvalue weighted by atomic mass is 10.0. The van der Waals surface area contributed by atoms with Gasteiger partial charge >= 0.3 is 0 Å². The van der Waals surface area contributed by atoms with E-state index in [0.717, 1.165) is 84.2 Å². The van der Waals surface area contributed by atoms with Gasteiger partial charge in [-0.15, -0.1) is 0 Å². The van der Waals surface area contributed by atoms with Crippen molar-refractivity contribution in [2.75, 3.05) is 4.90 Å². The molecule has 0 fully saturated rings. The van der Waals surface area contributed by atoms with Crippen molar-refractivity contribution in [2.45, 2.75) is 0 Å². The van der Waals surface area contributed by atoms with Crippen molar-refractivity contribution in [3.05, 3.63) is 291 Å². The number of anilines is 3. The number of hydrogen-bond acceptors (Lipinski definition) is 2. The van der Waals surface area contributed by atoms with Crippen LogP contribution in [0, 0.1) is 0 Å². The van der Waals surface area contributed by atoms with E-state index < -0.39 is 0 Å². The molecular formula is C73H48N6. The number of aromatic nitrogens is 5. The van der Waals surface area contributed by atoms with Crippen LogP contribution in [0.1, 0.15) is 0 Å². The van der Waals surface area contributed by atoms with Gasteiger partial charge in [-0.1, -0.05) is 170 Å². The van der Waals surface area contributed by atoms with Gasteiger partial charge in [-0.05, 0) is 155 Å². The van der Waals surface area contributed by atoms with E-state index in [0.29, 0.717) is 0 Å². The van der Waals surface area contributed by atoms with Crippen LogP contribution in [-0.2, 0) is 0 Å². The number of fused-ring (bicyclic) bond motifs is 11. The SMILES string of the molecule is c1ccc2c(c1)nc1n(-c3ccc(-c4ccc(N(c5ccc(-c6ccc(-n7c8ccccc8c8ccccc87)cc6)cc5)c5ccc(-c6ccc(-n7c8ccccc8c8ccccc87)cc6)cc5)cc4)cc3)c3ccccc3n21. The second kappa shape index (κ2) is 18.0. The lowest BCUT2D eigenvalue weighted by Gasteiger charge is -2.26. The van der Waals surface area contributed by atoms with Gasteiger partial charge in [0, 0.05) is 55.7 Å². The quantitative estimate of drug-likeness (QED) is 0.144. The molecule has 6 nitrogen and oxygen atoms in total. The van der Waals surface area contributed by atoms with Crippen molar-refractivity contribution >= 4 is 88.5 Å². The van der Waals surface area contributed by atoms with Crippen LogP contribution in [0.3, 0.4) is 0 Å². The van der Waals surface area contributed by atoms with Crippen LogP contribution in [0.4, 0.5) is 17.1 Å². The van der Waals surface area contributed by atoms with E-state index in [9.17, 15) is 0 Å². The van der Waals surface area contributed by atoms with Gasteiger partial charge in [-0.3, -0.25) is 8.97 Å². The third-order valence-corrected chi connectivity index (χ3v) is 16.0. The Kier molecular flexibility index (Phi) is 10.1. The van der Waals surface area contributed by atoms with Gasteiger partial charge < -0.3 is 14.0 Å². The summed E-state index contributed by atoms with van der Waals surface area (Å²) in [5.41, 5.74) is 22.7. The Balaban J connectivity index is 0.729. The molecule has 0 bridgehead atoms. The molecule has 0 spiro atoms. The Bertz CT molecular complexity index is 4650. The molecule has 4 aromatic heterocycles. The van der Waals surface area contributed by atoms with Crippen LogP contribution >= 0.6 is 0 Å². The Hall–Kier alpha value is -10.7. The molecule has 0 unspecified atom stereocenters. The highest BCUT2D eigenvalue weighted by molar-refractivity contribution is 6.10. The molecule has 0 N–H and O–H groups in total. The zero-order chi connectivity index (χ0) is 52.0. The van der Waals surface area contributed by atoms with E-state index in [2.05, 4.69) is 314 Å². The fourth-order valence-electron chi connectivity index (χ4n) is 12.3. The number of rotatable bonds is 9. The zero-order valence-electron chi connectivity index (χ0n) is 42.9. The van der Waals surface area contributed by atoms with Crippen molar-refractivity contribution in [3.63, 3.8) is 0 Å². The molecule has 0 aliphatic rings. The molecule has 0 aliphatic heterocycles. The van der Waals surface area contributed by atoms with E-state index in [1.165, 1.54) is 54.7 Å². The topological polar surface area (TPSA) is 35.3 Å². The first kappa shape index (κ1) is 44.6. The van der Waals surface area contributed by atoms with Crippen LogP contribution in [0.2, 0.25) is 0 Å². The highest BCUT2D eigenvalue weighted by Crippen LogP contribution is 2.40. The van der Waals surface area contributed by atoms with Crippen LogP contribution in [0.15, 0.2) is 291 Å². The molecule has 0 saturated carbocycles. The van der Waals surface area contributed by atoms with Gasteiger partial charge in [0.05, 0.1) is 44.1 Å². The van der Waals surface area contributed by atoms with Gasteiger partial charge in [-0.2, -0.15) is 0 Å². The molecule has 0 amide bonds. The summed E-state index contributed by atoms with van der Waals surface area (Å²) in [5, 5.41) is 5.05. The lowest BCUT2D eigenvalue weighted by molar-refractivity contribution is 1.11. The normalized spacial score (nSPS) is 11.8. The lowest BCUT2D eigenvalue weighted by Crippen LogP contribution is -2.09. The predicted octanol–water partition coefficient (Wildman–Crippen LogP) is 19.1. The fraction of sp³-hybridized carbons (Fsp3) is 0. The Morgan fingerprint density at radius 1 is 0.228 bits per heavy atom. The van der Waals surface area contributed by atoms with Crippen molar-refractivity contribution in [2.24, 2.45) is 0 Å². The maximum Gasteiger partial charge on any atom is 0.220 e. The molecule has 0 atom stereocenters. The standard InChI is InChI=1S/C73H48N6/c1-6-18-66-61(13-1)62-14-2-7-19-67(62)76(66)58-43-31-52(32-44-58)49-25-37-55(38-26-49)75(56-39-27-50(28-40-56)53-33-45-59(46-34-53)77-68-20-8-3-15-63(68)64-16-4-9-21-69(64)77)57-41-29-51(30-42-57)54-35-47-60(48-36-54)78-71-23-11-12-24-72(71)79-70-22-10-5-17-65(70)74-73(78)79/h1-48H. The Labute approximate surface area is 455 Å². The third-order valence-electron chi connectivity index (χ3n) is 16.0. The van der Waals surface area contributed by atoms with E-state index >= 15 is 0 Å². The average molecular weight is 1010 g/mol. The molecule has 0 radical (unpaired) electrons. The summed E-state index contributed by atoms with van der Waals surface area (Å²) in [6.45, 7) is 0. The minimum absolute atomic E-state index is 0.905. The van der Waals surface area contributed by atoms with Crippen LogP contribution < -0.4 is 4.90 Å². The summed E-state index contributed by atoms with van der Waals surface area (Å²) >= 11 is 0. The molecule has 6 heteroatoms. The van der Waals surface area contributed by atoms with E-state index in [1.807, 2.05) is 0 Å². The Morgan fingerprint density at radius 3 is 0.873 bits per heavy atom. The number of hydrogen-bond donors (Lipinski definition) is 0. The van der Waals surface area contributed by atoms with Gasteiger partial charge in [0.2, 0.25) is 5.78 Å². The molecule has 0 aliphatic carbocycles. The van der Waals surface area contributed by atoms with E-state index in [1.54, 1.807) is 0 Å². The summed E-state index contributed by atoms with van der Waals surface area (Å²) in [7, 11) is 0. The summed E-state index contributed by atoms with van der Waals surface area (Å²) in [5.74, 6) is 0.905. The largest absolute Gasteiger partial charge is 0.311 e. The number of para-hydroxylation sites is 8. The monoisotopic (exact) mass is 1010 g/mol. The molecule has 12 aromatic carbocycles. The molecule has 4 heterocycles. The molecule has 16 rings (SSSR count). The maximum atomic E-state index is 5.10. The van der Waals surface area contributed by atoms with Gasteiger partial charge in [0.15, 0.2) is 0 Å². The Morgan fingerprint density at radius 2 is 0.506 bits per heavy atom. The number of nitrogens with zero attached hydrogens (tertiary/aromatic N) is 6. The highest BCUT2D eigenvalue weighted by atomic mass is 15.2. The summed E-state index contributed by atoms with van der Waals surface area (Å²) in [6.07, 6.45) is 0. The van der Waals surface area contributed by atoms with Crippen LogP contribution in [0.5, 0.6) is 0 Å². The fourth-order valence-corrected chi connectivity index (χ4v) is 12.3. The smallest absolute Gasteiger partial charge is 0.220 e. The van der Waals surface area contributed by atoms with Gasteiger partial charge in [0.1, 0.15) is 0 Å². The van der Waals surface area contributed by atoms with Crippen LogP contribution in [-0.4, -0.2) is 23.1 Å².